The molecule has 1 aliphatic rings. The van der Waals surface area contributed by atoms with Crippen molar-refractivity contribution in [1.29, 1.82) is 0 Å². The summed E-state index contributed by atoms with van der Waals surface area (Å²) in [4.78, 5) is 24.1. The van der Waals surface area contributed by atoms with E-state index in [0.29, 0.717) is 6.42 Å². The molecular weight excluding hydrogens is 284 g/mol. The van der Waals surface area contributed by atoms with Gasteiger partial charge in [0.05, 0.1) is 5.92 Å². The van der Waals surface area contributed by atoms with Crippen LogP contribution in [0.5, 0.6) is 0 Å². The number of sulfonamides is 1. The van der Waals surface area contributed by atoms with Crippen molar-refractivity contribution in [2.75, 3.05) is 27.2 Å². The Morgan fingerprint density at radius 1 is 1.30 bits per heavy atom. The lowest BCUT2D eigenvalue weighted by Gasteiger charge is -2.35. The minimum absolute atomic E-state index is 0.0405. The second kappa shape index (κ2) is 6.09. The molecule has 1 N–H and O–H groups in total. The van der Waals surface area contributed by atoms with Crippen LogP contribution in [0.15, 0.2) is 0 Å². The Morgan fingerprint density at radius 3 is 2.30 bits per heavy atom. The van der Waals surface area contributed by atoms with E-state index in [-0.39, 0.29) is 19.0 Å². The van der Waals surface area contributed by atoms with Crippen LogP contribution in [0.2, 0.25) is 0 Å². The van der Waals surface area contributed by atoms with E-state index >= 15 is 0 Å². The molecule has 7 nitrogen and oxygen atoms in total. The Bertz CT molecular complexity index is 488. The molecule has 1 amide bonds. The Balaban J connectivity index is 2.96. The number of carboxylic acid groups (broad SMARTS) is 1. The van der Waals surface area contributed by atoms with Gasteiger partial charge in [0.25, 0.3) is 0 Å². The number of nitrogens with zero attached hydrogens (tertiary/aromatic N) is 2. The van der Waals surface area contributed by atoms with Gasteiger partial charge in [0.1, 0.15) is 0 Å². The van der Waals surface area contributed by atoms with E-state index in [1.807, 2.05) is 6.92 Å². The standard InChI is InChI=1S/C12H22N2O5S/c1-8-5-10(12(16)17)7-14(6-8)20(18,19)9(2)11(15)13(3)4/h8-10H,5-7H2,1-4H3,(H,16,17). The first-order valence-electron chi connectivity index (χ1n) is 6.50. The number of carbonyl (C=O) groups excluding carboxylic acids is 1. The number of carbonyl (C=O) groups is 2. The van der Waals surface area contributed by atoms with E-state index in [2.05, 4.69) is 0 Å². The van der Waals surface area contributed by atoms with Crippen molar-refractivity contribution in [3.8, 4) is 0 Å². The number of piperidine rings is 1. The van der Waals surface area contributed by atoms with Crippen LogP contribution in [0.3, 0.4) is 0 Å². The van der Waals surface area contributed by atoms with E-state index in [4.69, 9.17) is 5.11 Å². The van der Waals surface area contributed by atoms with Gasteiger partial charge in [-0.2, -0.15) is 0 Å². The fraction of sp³-hybridized carbons (Fsp3) is 0.833. The Labute approximate surface area is 119 Å². The quantitative estimate of drug-likeness (QED) is 0.778. The summed E-state index contributed by atoms with van der Waals surface area (Å²) in [6.45, 7) is 3.35. The van der Waals surface area contributed by atoms with Crippen molar-refractivity contribution < 1.29 is 23.1 Å². The van der Waals surface area contributed by atoms with Crippen LogP contribution in [0.1, 0.15) is 20.3 Å². The number of carboxylic acids is 1. The van der Waals surface area contributed by atoms with Crippen LogP contribution >= 0.6 is 0 Å². The Morgan fingerprint density at radius 2 is 1.85 bits per heavy atom. The highest BCUT2D eigenvalue weighted by molar-refractivity contribution is 7.90. The molecule has 1 rings (SSSR count). The molecule has 8 heteroatoms. The summed E-state index contributed by atoms with van der Waals surface area (Å²) in [5, 5.41) is 7.88. The number of amides is 1. The molecule has 3 atom stereocenters. The molecule has 0 aromatic rings. The average Bonchev–Trinajstić information content (AvgIpc) is 2.35. The third-order valence-corrected chi connectivity index (χ3v) is 5.68. The molecule has 0 aromatic carbocycles. The molecule has 0 aromatic heterocycles. The van der Waals surface area contributed by atoms with Crippen molar-refractivity contribution in [3.63, 3.8) is 0 Å². The van der Waals surface area contributed by atoms with E-state index in [0.717, 1.165) is 4.31 Å². The summed E-state index contributed by atoms with van der Waals surface area (Å²) in [6, 6.07) is 0. The Hall–Kier alpha value is -1.15. The van der Waals surface area contributed by atoms with Crippen LogP contribution in [0.4, 0.5) is 0 Å². The van der Waals surface area contributed by atoms with Gasteiger partial charge in [-0.3, -0.25) is 9.59 Å². The zero-order valence-corrected chi connectivity index (χ0v) is 13.1. The van der Waals surface area contributed by atoms with Crippen molar-refractivity contribution in [2.24, 2.45) is 11.8 Å². The molecule has 1 fully saturated rings. The molecule has 1 aliphatic heterocycles. The van der Waals surface area contributed by atoms with Crippen LogP contribution in [-0.2, 0) is 19.6 Å². The number of hydrogen-bond acceptors (Lipinski definition) is 4. The molecule has 116 valence electrons. The largest absolute Gasteiger partial charge is 0.481 e. The molecule has 0 bridgehead atoms. The van der Waals surface area contributed by atoms with E-state index in [9.17, 15) is 18.0 Å². The fourth-order valence-electron chi connectivity index (χ4n) is 2.40. The second-order valence-electron chi connectivity index (χ2n) is 5.61. The van der Waals surface area contributed by atoms with Crippen molar-refractivity contribution in [2.45, 2.75) is 25.5 Å². The minimum Gasteiger partial charge on any atom is -0.481 e. The molecule has 0 spiro atoms. The lowest BCUT2D eigenvalue weighted by molar-refractivity contribution is -0.143. The van der Waals surface area contributed by atoms with Gasteiger partial charge >= 0.3 is 5.97 Å². The molecular formula is C12H22N2O5S. The minimum atomic E-state index is -3.83. The van der Waals surface area contributed by atoms with E-state index in [1.165, 1.54) is 25.9 Å². The Kier molecular flexibility index (Phi) is 5.15. The first kappa shape index (κ1) is 16.9. The third kappa shape index (κ3) is 3.49. The maximum Gasteiger partial charge on any atom is 0.307 e. The molecule has 0 saturated carbocycles. The number of aliphatic carboxylic acids is 1. The first-order chi connectivity index (χ1) is 9.07. The SMILES string of the molecule is CC1CC(C(=O)O)CN(S(=O)(=O)C(C)C(=O)N(C)C)C1. The summed E-state index contributed by atoms with van der Waals surface area (Å²) in [7, 11) is -0.840. The van der Waals surface area contributed by atoms with Gasteiger partial charge in [-0.15, -0.1) is 0 Å². The molecule has 0 radical (unpaired) electrons. The average molecular weight is 306 g/mol. The lowest BCUT2D eigenvalue weighted by atomic mass is 9.92. The third-order valence-electron chi connectivity index (χ3n) is 3.57. The second-order valence-corrected chi connectivity index (χ2v) is 7.87. The van der Waals surface area contributed by atoms with E-state index in [1.54, 1.807) is 0 Å². The number of hydrogen-bond donors (Lipinski definition) is 1. The van der Waals surface area contributed by atoms with Gasteiger partial charge in [-0.05, 0) is 19.3 Å². The zero-order chi connectivity index (χ0) is 15.7. The van der Waals surface area contributed by atoms with Crippen LogP contribution in [-0.4, -0.2) is 67.0 Å². The maximum atomic E-state index is 12.4. The predicted molar refractivity (Wildman–Crippen MR) is 73.6 cm³/mol. The molecule has 1 heterocycles. The molecule has 1 saturated heterocycles. The van der Waals surface area contributed by atoms with Gasteiger partial charge in [0, 0.05) is 27.2 Å². The van der Waals surface area contributed by atoms with Gasteiger partial charge < -0.3 is 10.0 Å². The normalized spacial score (nSPS) is 26.0. The highest BCUT2D eigenvalue weighted by atomic mass is 32.2. The van der Waals surface area contributed by atoms with Crippen molar-refractivity contribution in [1.82, 2.24) is 9.21 Å². The fourth-order valence-corrected chi connectivity index (χ4v) is 4.17. The van der Waals surface area contributed by atoms with Gasteiger partial charge in [0.15, 0.2) is 5.25 Å². The zero-order valence-electron chi connectivity index (χ0n) is 12.2. The smallest absolute Gasteiger partial charge is 0.307 e. The molecule has 0 aliphatic carbocycles. The summed E-state index contributed by atoms with van der Waals surface area (Å²) in [6.07, 6.45) is 0.456. The topological polar surface area (TPSA) is 95.0 Å². The predicted octanol–water partition coefficient (Wildman–Crippen LogP) is -0.164. The van der Waals surface area contributed by atoms with Gasteiger partial charge in [0.2, 0.25) is 15.9 Å². The number of rotatable bonds is 4. The molecule has 3 unspecified atom stereocenters. The van der Waals surface area contributed by atoms with Gasteiger partial charge in [-0.1, -0.05) is 6.92 Å². The van der Waals surface area contributed by atoms with Crippen molar-refractivity contribution >= 4 is 21.9 Å². The molecule has 20 heavy (non-hydrogen) atoms. The lowest BCUT2D eigenvalue weighted by Crippen LogP contribution is -2.51. The van der Waals surface area contributed by atoms with Crippen molar-refractivity contribution in [3.05, 3.63) is 0 Å². The first-order valence-corrected chi connectivity index (χ1v) is 8.00. The summed E-state index contributed by atoms with van der Waals surface area (Å²) >= 11 is 0. The maximum absolute atomic E-state index is 12.4. The highest BCUT2D eigenvalue weighted by Gasteiger charge is 2.40. The van der Waals surface area contributed by atoms with E-state index < -0.39 is 33.1 Å². The summed E-state index contributed by atoms with van der Waals surface area (Å²) in [5.41, 5.74) is 0. The summed E-state index contributed by atoms with van der Waals surface area (Å²) in [5.74, 6) is -2.25. The summed E-state index contributed by atoms with van der Waals surface area (Å²) < 4.78 is 26.0. The monoisotopic (exact) mass is 306 g/mol. The van der Waals surface area contributed by atoms with Gasteiger partial charge in [-0.25, -0.2) is 12.7 Å². The highest BCUT2D eigenvalue weighted by Crippen LogP contribution is 2.25. The van der Waals surface area contributed by atoms with Crippen LogP contribution < -0.4 is 0 Å². The van der Waals surface area contributed by atoms with Crippen LogP contribution in [0, 0.1) is 11.8 Å². The van der Waals surface area contributed by atoms with Crippen LogP contribution in [0.25, 0.3) is 0 Å².